The molecule has 7 heteroatoms. The Labute approximate surface area is 140 Å². The Balaban J connectivity index is 2.15. The third kappa shape index (κ3) is 2.67. The van der Waals surface area contributed by atoms with Crippen LogP contribution in [0.2, 0.25) is 0 Å². The first-order valence-electron chi connectivity index (χ1n) is 6.36. The van der Waals surface area contributed by atoms with Gasteiger partial charge in [-0.25, -0.2) is 9.38 Å². The summed E-state index contributed by atoms with van der Waals surface area (Å²) < 4.78 is 14.2. The van der Waals surface area contributed by atoms with Gasteiger partial charge in [-0.15, -0.1) is 6.58 Å². The normalized spacial score (nSPS) is 24.5. The van der Waals surface area contributed by atoms with Crippen molar-refractivity contribution in [3.8, 4) is 0 Å². The van der Waals surface area contributed by atoms with Gasteiger partial charge in [-0.1, -0.05) is 29.8 Å². The minimum Gasteiger partial charge on any atom is -0.352 e. The maximum absolute atomic E-state index is 13.5. The highest BCUT2D eigenvalue weighted by Gasteiger charge is 2.45. The van der Waals surface area contributed by atoms with E-state index < -0.39 is 5.12 Å². The number of nitrogens with one attached hydrogen (secondary N) is 2. The van der Waals surface area contributed by atoms with E-state index in [-0.39, 0.29) is 5.82 Å². The van der Waals surface area contributed by atoms with Crippen molar-refractivity contribution < 1.29 is 4.39 Å². The van der Waals surface area contributed by atoms with Gasteiger partial charge in [-0.2, -0.15) is 0 Å². The molecule has 0 aliphatic carbocycles. The van der Waals surface area contributed by atoms with Crippen LogP contribution in [0.1, 0.15) is 5.56 Å². The third-order valence-electron chi connectivity index (χ3n) is 3.31. The molecule has 0 aromatic heterocycles. The average Bonchev–Trinajstić information content (AvgIpc) is 2.75. The molecule has 0 radical (unpaired) electrons. The summed E-state index contributed by atoms with van der Waals surface area (Å²) in [4.78, 5) is 6.45. The van der Waals surface area contributed by atoms with Gasteiger partial charge in [0, 0.05) is 12.1 Å². The Kier molecular flexibility index (Phi) is 3.94. The van der Waals surface area contributed by atoms with E-state index in [1.165, 1.54) is 12.1 Å². The van der Waals surface area contributed by atoms with Crippen LogP contribution in [0.5, 0.6) is 0 Å². The van der Waals surface area contributed by atoms with E-state index in [0.29, 0.717) is 17.1 Å². The van der Waals surface area contributed by atoms with Crippen LogP contribution in [0.4, 0.5) is 4.39 Å². The van der Waals surface area contributed by atoms with E-state index in [0.717, 1.165) is 17.0 Å². The second kappa shape index (κ2) is 5.58. The number of amidine groups is 1. The number of aliphatic imine (C=N–C) groups is 1. The molecule has 4 nitrogen and oxygen atoms in total. The second-order valence-electron chi connectivity index (χ2n) is 4.73. The van der Waals surface area contributed by atoms with Crippen LogP contribution in [-0.2, 0) is 0 Å². The number of fused-ring (bicyclic) bond motifs is 1. The Hall–Kier alpha value is -1.12. The zero-order chi connectivity index (χ0) is 15.0. The summed E-state index contributed by atoms with van der Waals surface area (Å²) in [6.07, 6.45) is 1.80. The van der Waals surface area contributed by atoms with Gasteiger partial charge in [-0.05, 0) is 34.7 Å². The molecule has 0 saturated carbocycles. The summed E-state index contributed by atoms with van der Waals surface area (Å²) in [6.45, 7) is 4.94. The van der Waals surface area contributed by atoms with Crippen molar-refractivity contribution in [1.29, 1.82) is 0 Å². The van der Waals surface area contributed by atoms with Crippen molar-refractivity contribution in [3.05, 3.63) is 54.0 Å². The van der Waals surface area contributed by atoms with Gasteiger partial charge < -0.3 is 10.2 Å². The molecule has 1 atom stereocenters. The maximum Gasteiger partial charge on any atom is 0.233 e. The van der Waals surface area contributed by atoms with Crippen LogP contribution in [0, 0.1) is 5.82 Å². The predicted molar refractivity (Wildman–Crippen MR) is 91.4 cm³/mol. The van der Waals surface area contributed by atoms with Crippen LogP contribution in [0.15, 0.2) is 47.6 Å². The van der Waals surface area contributed by atoms with E-state index in [1.54, 1.807) is 12.1 Å². The topological polar surface area (TPSA) is 39.7 Å². The maximum atomic E-state index is 13.5. The van der Waals surface area contributed by atoms with Crippen LogP contribution in [0.3, 0.4) is 0 Å². The average molecular weight is 419 g/mol. The fourth-order valence-corrected chi connectivity index (χ4v) is 3.61. The highest BCUT2D eigenvalue weighted by atomic mass is 127. The van der Waals surface area contributed by atoms with Crippen molar-refractivity contribution in [2.24, 2.45) is 4.99 Å². The molecule has 1 fully saturated rings. The fourth-order valence-electron chi connectivity index (χ4n) is 2.48. The lowest BCUT2D eigenvalue weighted by atomic mass is 10.1. The van der Waals surface area contributed by atoms with Gasteiger partial charge in [-0.3, -0.25) is 5.32 Å². The molecular formula is C14H13ClFIN4. The third-order valence-corrected chi connectivity index (χ3v) is 4.22. The standard InChI is InChI=1S/C14H13ClFIN4/c1-2-6-21-8-18-14(15)12(21)11(19-13(17)20-14)9-4-3-5-10(16)7-9/h2-5,7,18H,1,6,8H2,(H,19,20). The molecule has 2 heterocycles. The smallest absolute Gasteiger partial charge is 0.233 e. The molecule has 0 bridgehead atoms. The minimum absolute atomic E-state index is 0.290. The largest absolute Gasteiger partial charge is 0.352 e. The van der Waals surface area contributed by atoms with Gasteiger partial charge in [0.05, 0.1) is 18.1 Å². The number of hydrogen-bond donors (Lipinski definition) is 2. The van der Waals surface area contributed by atoms with E-state index in [1.807, 2.05) is 11.0 Å². The number of alkyl halides is 1. The zero-order valence-corrected chi connectivity index (χ0v) is 13.9. The van der Waals surface area contributed by atoms with Gasteiger partial charge in [0.25, 0.3) is 0 Å². The molecule has 3 rings (SSSR count). The lowest BCUT2D eigenvalue weighted by Crippen LogP contribution is -2.40. The van der Waals surface area contributed by atoms with E-state index in [9.17, 15) is 4.39 Å². The first kappa shape index (κ1) is 14.8. The Morgan fingerprint density at radius 2 is 2.38 bits per heavy atom. The Morgan fingerprint density at radius 3 is 3.10 bits per heavy atom. The molecular weight excluding hydrogens is 406 g/mol. The summed E-state index contributed by atoms with van der Waals surface area (Å²) in [5.41, 5.74) is 2.28. The predicted octanol–water partition coefficient (Wildman–Crippen LogP) is 2.83. The monoisotopic (exact) mass is 418 g/mol. The number of nitrogens with zero attached hydrogens (tertiary/aromatic N) is 2. The molecule has 0 spiro atoms. The van der Waals surface area contributed by atoms with E-state index in [4.69, 9.17) is 11.6 Å². The van der Waals surface area contributed by atoms with Crippen LogP contribution >= 0.6 is 34.2 Å². The quantitative estimate of drug-likeness (QED) is 0.343. The number of benzene rings is 1. The molecule has 110 valence electrons. The van der Waals surface area contributed by atoms with Crippen molar-refractivity contribution >= 4 is 43.7 Å². The first-order valence-corrected chi connectivity index (χ1v) is 7.82. The van der Waals surface area contributed by atoms with Gasteiger partial charge in [0.15, 0.2) is 3.84 Å². The molecule has 2 aliphatic heterocycles. The van der Waals surface area contributed by atoms with Gasteiger partial charge in [0.2, 0.25) is 5.12 Å². The summed E-state index contributed by atoms with van der Waals surface area (Å²) in [7, 11) is 0. The molecule has 2 N–H and O–H groups in total. The molecule has 2 aliphatic rings. The molecule has 1 unspecified atom stereocenters. The Bertz CT molecular complexity index is 660. The molecule has 1 saturated heterocycles. The highest BCUT2D eigenvalue weighted by molar-refractivity contribution is 14.1. The van der Waals surface area contributed by atoms with Crippen LogP contribution in [-0.4, -0.2) is 27.1 Å². The van der Waals surface area contributed by atoms with Gasteiger partial charge >= 0.3 is 0 Å². The van der Waals surface area contributed by atoms with E-state index in [2.05, 4.69) is 44.8 Å². The summed E-state index contributed by atoms with van der Waals surface area (Å²) in [5.74, 6) is -0.290. The highest BCUT2D eigenvalue weighted by Crippen LogP contribution is 2.39. The molecule has 1 aromatic rings. The minimum atomic E-state index is -1.02. The van der Waals surface area contributed by atoms with Gasteiger partial charge in [0.1, 0.15) is 5.82 Å². The second-order valence-corrected chi connectivity index (χ2v) is 6.30. The van der Waals surface area contributed by atoms with Crippen molar-refractivity contribution in [1.82, 2.24) is 15.5 Å². The van der Waals surface area contributed by atoms with Crippen LogP contribution in [0.25, 0.3) is 5.70 Å². The first-order chi connectivity index (χ1) is 10.0. The zero-order valence-electron chi connectivity index (χ0n) is 11.0. The van der Waals surface area contributed by atoms with E-state index >= 15 is 0 Å². The molecule has 0 amide bonds. The van der Waals surface area contributed by atoms with Crippen molar-refractivity contribution in [2.75, 3.05) is 13.2 Å². The van der Waals surface area contributed by atoms with Crippen molar-refractivity contribution in [2.45, 2.75) is 5.12 Å². The summed E-state index contributed by atoms with van der Waals surface area (Å²) in [5, 5.41) is 5.35. The number of halogens is 3. The lowest BCUT2D eigenvalue weighted by Gasteiger charge is -2.30. The SMILES string of the molecule is C=CCN1CNC2(Cl)N=C(I)NC(c3cccc(F)c3)=C12. The van der Waals surface area contributed by atoms with Crippen LogP contribution < -0.4 is 10.6 Å². The van der Waals surface area contributed by atoms with Crippen molar-refractivity contribution in [3.63, 3.8) is 0 Å². The fraction of sp³-hybridized carbons (Fsp3) is 0.214. The lowest BCUT2D eigenvalue weighted by molar-refractivity contribution is 0.424. The summed E-state index contributed by atoms with van der Waals surface area (Å²) >= 11 is 8.68. The summed E-state index contributed by atoms with van der Waals surface area (Å²) in [6, 6.07) is 6.41. The molecule has 21 heavy (non-hydrogen) atoms. The molecule has 1 aromatic carbocycles. The number of rotatable bonds is 3. The number of hydrogen-bond acceptors (Lipinski definition) is 4. The Morgan fingerprint density at radius 1 is 1.57 bits per heavy atom.